The van der Waals surface area contributed by atoms with Gasteiger partial charge < -0.3 is 10.5 Å². The van der Waals surface area contributed by atoms with Crippen molar-refractivity contribution < 1.29 is 14.5 Å². The summed E-state index contributed by atoms with van der Waals surface area (Å²) in [5.41, 5.74) is 5.39. The fourth-order valence-electron chi connectivity index (χ4n) is 1.29. The number of rotatable bonds is 5. The Hall–Kier alpha value is -2.15. The van der Waals surface area contributed by atoms with Crippen LogP contribution in [-0.2, 0) is 4.74 Å². The number of hydrogen-bond acceptors (Lipinski definition) is 5. The number of esters is 1. The third kappa shape index (κ3) is 4.22. The molecular weight excluding hydrogens is 274 g/mol. The number of aliphatic imine (C=N–C) groups is 1. The van der Waals surface area contributed by atoms with Gasteiger partial charge >= 0.3 is 5.97 Å². The molecule has 0 radical (unpaired) electrons. The van der Waals surface area contributed by atoms with E-state index in [4.69, 9.17) is 22.1 Å². The molecule has 0 aliphatic heterocycles. The van der Waals surface area contributed by atoms with Gasteiger partial charge in [-0.05, 0) is 13.0 Å². The summed E-state index contributed by atoms with van der Waals surface area (Å²) in [5, 5.41) is 10.8. The number of carbonyl (C=O) groups excluding carboxylic acids is 1. The van der Waals surface area contributed by atoms with Crippen LogP contribution in [0.4, 0.5) is 11.4 Å². The molecule has 102 valence electrons. The van der Waals surface area contributed by atoms with Crippen LogP contribution in [0.3, 0.4) is 0 Å². The molecule has 19 heavy (non-hydrogen) atoms. The first kappa shape index (κ1) is 14.9. The third-order valence-electron chi connectivity index (χ3n) is 2.03. The van der Waals surface area contributed by atoms with Gasteiger partial charge in [0.1, 0.15) is 5.84 Å². The molecule has 1 rings (SSSR count). The van der Waals surface area contributed by atoms with Gasteiger partial charge in [-0.15, -0.1) is 11.6 Å². The van der Waals surface area contributed by atoms with Gasteiger partial charge in [-0.25, -0.2) is 9.79 Å². The van der Waals surface area contributed by atoms with E-state index in [9.17, 15) is 14.9 Å². The molecular formula is C11H12ClN3O4. The second kappa shape index (κ2) is 6.69. The highest BCUT2D eigenvalue weighted by atomic mass is 35.5. The Morgan fingerprint density at radius 2 is 2.21 bits per heavy atom. The fraction of sp³-hybridized carbons (Fsp3) is 0.273. The van der Waals surface area contributed by atoms with Gasteiger partial charge in [-0.2, -0.15) is 0 Å². The van der Waals surface area contributed by atoms with Gasteiger partial charge in [0, 0.05) is 12.1 Å². The quantitative estimate of drug-likeness (QED) is 0.222. The van der Waals surface area contributed by atoms with E-state index in [2.05, 4.69) is 4.99 Å². The molecule has 8 heteroatoms. The van der Waals surface area contributed by atoms with Crippen LogP contribution in [0.1, 0.15) is 17.3 Å². The van der Waals surface area contributed by atoms with E-state index in [0.29, 0.717) is 0 Å². The molecule has 0 bridgehead atoms. The zero-order valence-corrected chi connectivity index (χ0v) is 10.9. The molecule has 0 aliphatic carbocycles. The molecule has 0 aliphatic rings. The van der Waals surface area contributed by atoms with Crippen molar-refractivity contribution in [2.24, 2.45) is 10.7 Å². The van der Waals surface area contributed by atoms with E-state index in [-0.39, 0.29) is 35.3 Å². The number of halogens is 1. The van der Waals surface area contributed by atoms with Gasteiger partial charge in [-0.3, -0.25) is 10.1 Å². The minimum Gasteiger partial charge on any atom is -0.462 e. The van der Waals surface area contributed by atoms with Gasteiger partial charge in [0.15, 0.2) is 0 Å². The predicted molar refractivity (Wildman–Crippen MR) is 71.1 cm³/mol. The van der Waals surface area contributed by atoms with E-state index in [1.54, 1.807) is 6.92 Å². The van der Waals surface area contributed by atoms with Crippen LogP contribution >= 0.6 is 11.6 Å². The van der Waals surface area contributed by atoms with Crippen molar-refractivity contribution in [3.63, 3.8) is 0 Å². The Balaban J connectivity index is 3.25. The highest BCUT2D eigenvalue weighted by molar-refractivity contribution is 6.28. The molecule has 1 aromatic rings. The smallest absolute Gasteiger partial charge is 0.338 e. The summed E-state index contributed by atoms with van der Waals surface area (Å²) in [5.74, 6) is -0.582. The van der Waals surface area contributed by atoms with Crippen LogP contribution in [-0.4, -0.2) is 29.2 Å². The van der Waals surface area contributed by atoms with E-state index >= 15 is 0 Å². The lowest BCUT2D eigenvalue weighted by Crippen LogP contribution is -2.12. The Morgan fingerprint density at radius 3 is 2.74 bits per heavy atom. The Bertz CT molecular complexity index is 531. The monoisotopic (exact) mass is 285 g/mol. The second-order valence-corrected chi connectivity index (χ2v) is 3.72. The highest BCUT2D eigenvalue weighted by Crippen LogP contribution is 2.23. The number of nitro benzene ring substituents is 1. The van der Waals surface area contributed by atoms with E-state index in [1.807, 2.05) is 0 Å². The Labute approximate surface area is 114 Å². The van der Waals surface area contributed by atoms with Crippen LogP contribution in [0.2, 0.25) is 0 Å². The SMILES string of the molecule is CCOC(=O)c1cc(N=C(N)CCl)cc([N+](=O)[O-])c1. The molecule has 0 aromatic heterocycles. The minimum atomic E-state index is -0.660. The van der Waals surface area contributed by atoms with Crippen molar-refractivity contribution in [2.75, 3.05) is 12.5 Å². The van der Waals surface area contributed by atoms with Crippen LogP contribution < -0.4 is 5.73 Å². The van der Waals surface area contributed by atoms with E-state index in [1.165, 1.54) is 12.1 Å². The zero-order valence-electron chi connectivity index (χ0n) is 10.1. The van der Waals surface area contributed by atoms with Crippen molar-refractivity contribution in [1.29, 1.82) is 0 Å². The topological polar surface area (TPSA) is 108 Å². The normalized spacial score (nSPS) is 11.2. The molecule has 0 saturated heterocycles. The number of amidine groups is 1. The molecule has 0 unspecified atom stereocenters. The first-order valence-corrected chi connectivity index (χ1v) is 5.87. The maximum absolute atomic E-state index is 11.6. The standard InChI is InChI=1S/C11H12ClN3O4/c1-2-19-11(16)7-3-8(14-10(13)6-12)5-9(4-7)15(17)18/h3-5H,2,6H2,1H3,(H2,13,14). The molecule has 1 aromatic carbocycles. The minimum absolute atomic E-state index is 0.0164. The number of nitrogens with zero attached hydrogens (tertiary/aromatic N) is 2. The number of carbonyl (C=O) groups is 1. The average Bonchev–Trinajstić information content (AvgIpc) is 2.38. The molecule has 0 heterocycles. The van der Waals surface area contributed by atoms with Crippen LogP contribution in [0, 0.1) is 10.1 Å². The summed E-state index contributed by atoms with van der Waals surface area (Å²) in [4.78, 5) is 25.6. The molecule has 7 nitrogen and oxygen atoms in total. The zero-order chi connectivity index (χ0) is 14.4. The number of alkyl halides is 1. The first-order chi connectivity index (χ1) is 8.97. The molecule has 2 N–H and O–H groups in total. The number of nitrogens with two attached hydrogens (primary N) is 1. The van der Waals surface area contributed by atoms with E-state index < -0.39 is 10.9 Å². The van der Waals surface area contributed by atoms with Crippen LogP contribution in [0.5, 0.6) is 0 Å². The summed E-state index contributed by atoms with van der Waals surface area (Å²) in [6.45, 7) is 1.81. The van der Waals surface area contributed by atoms with Crippen molar-refractivity contribution in [3.8, 4) is 0 Å². The molecule has 0 saturated carbocycles. The lowest BCUT2D eigenvalue weighted by Gasteiger charge is -2.03. The second-order valence-electron chi connectivity index (χ2n) is 3.45. The van der Waals surface area contributed by atoms with Gasteiger partial charge in [-0.1, -0.05) is 0 Å². The van der Waals surface area contributed by atoms with Crippen LogP contribution in [0.15, 0.2) is 23.2 Å². The average molecular weight is 286 g/mol. The summed E-state index contributed by atoms with van der Waals surface area (Å²) in [6, 6.07) is 3.67. The largest absolute Gasteiger partial charge is 0.462 e. The predicted octanol–water partition coefficient (Wildman–Crippen LogP) is 2.00. The number of hydrogen-bond donors (Lipinski definition) is 1. The maximum atomic E-state index is 11.6. The third-order valence-corrected chi connectivity index (χ3v) is 2.31. The van der Waals surface area contributed by atoms with Crippen molar-refractivity contribution >= 4 is 34.8 Å². The fourth-order valence-corrected chi connectivity index (χ4v) is 1.35. The van der Waals surface area contributed by atoms with Gasteiger partial charge in [0.05, 0.1) is 28.7 Å². The Morgan fingerprint density at radius 1 is 1.53 bits per heavy atom. The maximum Gasteiger partial charge on any atom is 0.338 e. The first-order valence-electron chi connectivity index (χ1n) is 5.33. The number of non-ortho nitro benzene ring substituents is 1. The molecule has 0 atom stereocenters. The summed E-state index contributed by atoms with van der Waals surface area (Å²) in [6.07, 6.45) is 0. The summed E-state index contributed by atoms with van der Waals surface area (Å²) >= 11 is 5.47. The van der Waals surface area contributed by atoms with Crippen molar-refractivity contribution in [2.45, 2.75) is 6.92 Å². The highest BCUT2D eigenvalue weighted by Gasteiger charge is 2.15. The van der Waals surface area contributed by atoms with Crippen molar-refractivity contribution in [3.05, 3.63) is 33.9 Å². The lowest BCUT2D eigenvalue weighted by atomic mass is 10.2. The van der Waals surface area contributed by atoms with Gasteiger partial charge in [0.2, 0.25) is 0 Å². The Kier molecular flexibility index (Phi) is 5.25. The molecule has 0 fully saturated rings. The molecule has 0 spiro atoms. The summed E-state index contributed by atoms with van der Waals surface area (Å²) in [7, 11) is 0. The van der Waals surface area contributed by atoms with E-state index in [0.717, 1.165) is 6.07 Å². The summed E-state index contributed by atoms with van der Waals surface area (Å²) < 4.78 is 4.78. The lowest BCUT2D eigenvalue weighted by molar-refractivity contribution is -0.384. The van der Waals surface area contributed by atoms with Crippen LogP contribution in [0.25, 0.3) is 0 Å². The number of benzene rings is 1. The number of ether oxygens (including phenoxy) is 1. The number of nitro groups is 1. The molecule has 0 amide bonds. The van der Waals surface area contributed by atoms with Crippen molar-refractivity contribution in [1.82, 2.24) is 0 Å². The van der Waals surface area contributed by atoms with Gasteiger partial charge in [0.25, 0.3) is 5.69 Å².